The Labute approximate surface area is 141 Å². The summed E-state index contributed by atoms with van der Waals surface area (Å²) in [6.07, 6.45) is 5.61. The minimum Gasteiger partial charge on any atom is -0.340 e. The smallest absolute Gasteiger partial charge is 0.227 e. The van der Waals surface area contributed by atoms with Crippen LogP contribution in [0.1, 0.15) is 37.5 Å². The second kappa shape index (κ2) is 6.12. The Morgan fingerprint density at radius 1 is 1.29 bits per heavy atom. The van der Waals surface area contributed by atoms with Gasteiger partial charge >= 0.3 is 0 Å². The topological polar surface area (TPSA) is 72.8 Å². The number of amides is 1. The number of aromatic amines is 1. The number of nitriles is 1. The van der Waals surface area contributed by atoms with Crippen LogP contribution in [0.5, 0.6) is 0 Å². The van der Waals surface area contributed by atoms with Crippen LogP contribution >= 0.6 is 0 Å². The van der Waals surface area contributed by atoms with Gasteiger partial charge in [-0.15, -0.1) is 0 Å². The van der Waals surface area contributed by atoms with Gasteiger partial charge in [-0.1, -0.05) is 30.3 Å². The number of benzene rings is 1. The van der Waals surface area contributed by atoms with Gasteiger partial charge in [-0.25, -0.2) is 4.98 Å². The number of rotatable bonds is 3. The zero-order chi connectivity index (χ0) is 16.5. The molecule has 122 valence electrons. The first-order valence-electron chi connectivity index (χ1n) is 8.58. The number of nitrogens with one attached hydrogen (secondary N) is 1. The third-order valence-corrected chi connectivity index (χ3v) is 5.06. The van der Waals surface area contributed by atoms with Crippen molar-refractivity contribution in [1.29, 1.82) is 5.26 Å². The van der Waals surface area contributed by atoms with Gasteiger partial charge in [0.1, 0.15) is 5.82 Å². The van der Waals surface area contributed by atoms with E-state index in [1.54, 1.807) is 0 Å². The van der Waals surface area contributed by atoms with E-state index in [4.69, 9.17) is 5.26 Å². The maximum Gasteiger partial charge on any atom is 0.227 e. The van der Waals surface area contributed by atoms with Crippen molar-refractivity contribution in [2.24, 2.45) is 11.8 Å². The molecule has 1 saturated heterocycles. The number of piperidine rings is 1. The average molecular weight is 320 g/mol. The average Bonchev–Trinajstić information content (AvgIpc) is 3.28. The van der Waals surface area contributed by atoms with Gasteiger partial charge < -0.3 is 9.88 Å². The normalized spacial score (nSPS) is 26.0. The Hall–Kier alpha value is -2.61. The fraction of sp³-hybridized carbons (Fsp3) is 0.421. The van der Waals surface area contributed by atoms with Crippen LogP contribution in [0.3, 0.4) is 0 Å². The van der Waals surface area contributed by atoms with Crippen LogP contribution in [-0.4, -0.2) is 27.3 Å². The molecule has 2 heterocycles. The Balaban J connectivity index is 1.56. The second-order valence-corrected chi connectivity index (χ2v) is 6.67. The number of carbonyl (C=O) groups is 1. The zero-order valence-electron chi connectivity index (χ0n) is 13.5. The molecule has 1 amide bonds. The maximum absolute atomic E-state index is 12.7. The fourth-order valence-corrected chi connectivity index (χ4v) is 3.57. The van der Waals surface area contributed by atoms with Gasteiger partial charge in [0, 0.05) is 6.54 Å². The standard InChI is InChI=1S/C19H20N4O/c20-11-14-10-15(14)19(24)23-9-5-4-8-17(23)18-21-12-16(22-18)13-6-2-1-3-7-13/h1-3,6-7,12,14-15,17H,4-5,8-10H2,(H,21,22)/t14-,15-,17?/m0/s1. The maximum atomic E-state index is 12.7. The molecule has 0 radical (unpaired) electrons. The van der Waals surface area contributed by atoms with E-state index in [1.807, 2.05) is 41.4 Å². The molecule has 1 aromatic carbocycles. The van der Waals surface area contributed by atoms with Crippen LogP contribution in [0.4, 0.5) is 0 Å². The summed E-state index contributed by atoms with van der Waals surface area (Å²) in [6.45, 7) is 0.763. The molecular weight excluding hydrogens is 300 g/mol. The van der Waals surface area contributed by atoms with Crippen LogP contribution in [0.2, 0.25) is 0 Å². The van der Waals surface area contributed by atoms with E-state index < -0.39 is 0 Å². The number of carbonyl (C=O) groups excluding carboxylic acids is 1. The van der Waals surface area contributed by atoms with Crippen molar-refractivity contribution < 1.29 is 4.79 Å². The molecule has 1 saturated carbocycles. The van der Waals surface area contributed by atoms with Crippen LogP contribution in [-0.2, 0) is 4.79 Å². The van der Waals surface area contributed by atoms with Gasteiger partial charge in [-0.2, -0.15) is 5.26 Å². The molecule has 1 aromatic heterocycles. The molecule has 5 nitrogen and oxygen atoms in total. The summed E-state index contributed by atoms with van der Waals surface area (Å²) in [5.74, 6) is 0.802. The molecule has 1 N–H and O–H groups in total. The van der Waals surface area contributed by atoms with Gasteiger partial charge in [0.25, 0.3) is 0 Å². The summed E-state index contributed by atoms with van der Waals surface area (Å²) < 4.78 is 0. The van der Waals surface area contributed by atoms with Gasteiger partial charge in [0.2, 0.25) is 5.91 Å². The number of hydrogen-bond acceptors (Lipinski definition) is 3. The predicted molar refractivity (Wildman–Crippen MR) is 89.5 cm³/mol. The highest BCUT2D eigenvalue weighted by Crippen LogP contribution is 2.42. The molecule has 3 atom stereocenters. The Morgan fingerprint density at radius 2 is 2.12 bits per heavy atom. The molecule has 2 aromatic rings. The second-order valence-electron chi connectivity index (χ2n) is 6.67. The lowest BCUT2D eigenvalue weighted by atomic mass is 10.0. The third-order valence-electron chi connectivity index (χ3n) is 5.06. The van der Waals surface area contributed by atoms with Crippen molar-refractivity contribution in [3.05, 3.63) is 42.4 Å². The van der Waals surface area contributed by atoms with Crippen molar-refractivity contribution in [2.45, 2.75) is 31.7 Å². The summed E-state index contributed by atoms with van der Waals surface area (Å²) in [4.78, 5) is 22.6. The first-order chi connectivity index (χ1) is 11.8. The Morgan fingerprint density at radius 3 is 2.88 bits per heavy atom. The van der Waals surface area contributed by atoms with Crippen molar-refractivity contribution in [1.82, 2.24) is 14.9 Å². The highest BCUT2D eigenvalue weighted by Gasteiger charge is 2.47. The van der Waals surface area contributed by atoms with Gasteiger partial charge in [0.05, 0.1) is 35.8 Å². The van der Waals surface area contributed by atoms with E-state index in [9.17, 15) is 4.79 Å². The number of hydrogen-bond donors (Lipinski definition) is 1. The Bertz CT molecular complexity index is 776. The summed E-state index contributed by atoms with van der Waals surface area (Å²) in [5.41, 5.74) is 2.07. The molecule has 1 aliphatic carbocycles. The van der Waals surface area contributed by atoms with Crippen LogP contribution in [0.15, 0.2) is 36.5 Å². The molecule has 24 heavy (non-hydrogen) atoms. The third kappa shape index (κ3) is 2.69. The van der Waals surface area contributed by atoms with E-state index in [2.05, 4.69) is 16.0 Å². The number of likely N-dealkylation sites (tertiary alicyclic amines) is 1. The molecule has 1 aliphatic heterocycles. The summed E-state index contributed by atoms with van der Waals surface area (Å²) >= 11 is 0. The lowest BCUT2D eigenvalue weighted by Crippen LogP contribution is -2.40. The monoisotopic (exact) mass is 320 g/mol. The van der Waals surface area contributed by atoms with E-state index in [1.165, 1.54) is 0 Å². The number of nitrogens with zero attached hydrogens (tertiary/aromatic N) is 3. The summed E-state index contributed by atoms with van der Waals surface area (Å²) in [5, 5.41) is 9.00. The number of imidazole rings is 1. The molecule has 0 bridgehead atoms. The minimum absolute atomic E-state index is 0.00338. The van der Waals surface area contributed by atoms with Crippen molar-refractivity contribution in [3.63, 3.8) is 0 Å². The Kier molecular flexibility index (Phi) is 3.81. The van der Waals surface area contributed by atoms with Crippen molar-refractivity contribution in [3.8, 4) is 17.3 Å². The molecule has 2 aliphatic rings. The molecular formula is C19H20N4O. The molecule has 5 heteroatoms. The molecule has 2 fully saturated rings. The lowest BCUT2D eigenvalue weighted by Gasteiger charge is -2.34. The summed E-state index contributed by atoms with van der Waals surface area (Å²) in [6, 6.07) is 12.3. The van der Waals surface area contributed by atoms with Crippen LogP contribution in [0, 0.1) is 23.2 Å². The van der Waals surface area contributed by atoms with E-state index in [0.717, 1.165) is 42.9 Å². The number of H-pyrrole nitrogens is 1. The fourth-order valence-electron chi connectivity index (χ4n) is 3.57. The van der Waals surface area contributed by atoms with E-state index in [-0.39, 0.29) is 23.8 Å². The SMILES string of the molecule is N#C[C@@H]1C[C@@H]1C(=O)N1CCCCC1c1ncc(-c2ccccc2)[nH]1. The lowest BCUT2D eigenvalue weighted by molar-refractivity contribution is -0.136. The van der Waals surface area contributed by atoms with Gasteiger partial charge in [-0.3, -0.25) is 4.79 Å². The highest BCUT2D eigenvalue weighted by atomic mass is 16.2. The van der Waals surface area contributed by atoms with Crippen molar-refractivity contribution in [2.75, 3.05) is 6.54 Å². The summed E-state index contributed by atoms with van der Waals surface area (Å²) in [7, 11) is 0. The largest absolute Gasteiger partial charge is 0.340 e. The predicted octanol–water partition coefficient (Wildman–Crippen LogP) is 3.29. The molecule has 4 rings (SSSR count). The zero-order valence-corrected chi connectivity index (χ0v) is 13.5. The first-order valence-corrected chi connectivity index (χ1v) is 8.58. The van der Waals surface area contributed by atoms with Gasteiger partial charge in [0.15, 0.2) is 0 Å². The number of aromatic nitrogens is 2. The molecule has 0 spiro atoms. The van der Waals surface area contributed by atoms with Gasteiger partial charge in [-0.05, 0) is 31.2 Å². The quantitative estimate of drug-likeness (QED) is 0.943. The minimum atomic E-state index is -0.0980. The molecule has 1 unspecified atom stereocenters. The van der Waals surface area contributed by atoms with Crippen molar-refractivity contribution >= 4 is 5.91 Å². The van der Waals surface area contributed by atoms with E-state index in [0.29, 0.717) is 6.42 Å². The van der Waals surface area contributed by atoms with E-state index >= 15 is 0 Å². The van der Waals surface area contributed by atoms with Crippen LogP contribution in [0.25, 0.3) is 11.3 Å². The van der Waals surface area contributed by atoms with Crippen LogP contribution < -0.4 is 0 Å². The first kappa shape index (κ1) is 14.9. The highest BCUT2D eigenvalue weighted by molar-refractivity contribution is 5.82.